The Kier molecular flexibility index (Phi) is 2.85. The van der Waals surface area contributed by atoms with Crippen LogP contribution < -0.4 is 11.1 Å². The van der Waals surface area contributed by atoms with Crippen LogP contribution in [0.25, 0.3) is 0 Å². The molecule has 0 aromatic heterocycles. The molecule has 14 heavy (non-hydrogen) atoms. The summed E-state index contributed by atoms with van der Waals surface area (Å²) in [5, 5.41) is 3.54. The first-order chi connectivity index (χ1) is 6.85. The van der Waals surface area contributed by atoms with Crippen molar-refractivity contribution in [1.82, 2.24) is 5.32 Å². The maximum Gasteiger partial charge on any atom is 0.0344 e. The first kappa shape index (κ1) is 9.69. The van der Waals surface area contributed by atoms with Gasteiger partial charge in [-0.05, 0) is 31.4 Å². The van der Waals surface area contributed by atoms with Gasteiger partial charge in [0.2, 0.25) is 0 Å². The molecule has 0 aliphatic carbocycles. The third-order valence-electron chi connectivity index (χ3n) is 3.11. The Morgan fingerprint density at radius 1 is 1.29 bits per heavy atom. The smallest absolute Gasteiger partial charge is 0.0344 e. The van der Waals surface area contributed by atoms with Gasteiger partial charge in [-0.25, -0.2) is 0 Å². The number of nitrogens with one attached hydrogen (secondary N) is 1. The highest BCUT2D eigenvalue weighted by Gasteiger charge is 2.31. The number of nitrogens with two attached hydrogens (primary N) is 1. The summed E-state index contributed by atoms with van der Waals surface area (Å²) in [5.74, 6) is 0. The summed E-state index contributed by atoms with van der Waals surface area (Å²) in [6.07, 6.45) is 3.52. The largest absolute Gasteiger partial charge is 0.329 e. The zero-order chi connectivity index (χ0) is 9.86. The molecular formula is C12H18N2. The molecule has 1 unspecified atom stereocenters. The van der Waals surface area contributed by atoms with Gasteiger partial charge < -0.3 is 11.1 Å². The van der Waals surface area contributed by atoms with Crippen LogP contribution in [-0.2, 0) is 6.42 Å². The first-order valence-corrected chi connectivity index (χ1v) is 5.34. The van der Waals surface area contributed by atoms with Crippen molar-refractivity contribution >= 4 is 0 Å². The summed E-state index contributed by atoms with van der Waals surface area (Å²) in [6, 6.07) is 10.6. The lowest BCUT2D eigenvalue weighted by atomic mass is 9.89. The molecule has 76 valence electrons. The molecule has 1 saturated heterocycles. The highest BCUT2D eigenvalue weighted by atomic mass is 15.0. The average molecular weight is 190 g/mol. The highest BCUT2D eigenvalue weighted by Crippen LogP contribution is 2.22. The maximum absolute atomic E-state index is 5.85. The van der Waals surface area contributed by atoms with Crippen molar-refractivity contribution in [3.63, 3.8) is 0 Å². The minimum atomic E-state index is 0.168. The van der Waals surface area contributed by atoms with Gasteiger partial charge >= 0.3 is 0 Å². The Bertz CT molecular complexity index is 276. The first-order valence-electron chi connectivity index (χ1n) is 5.34. The van der Waals surface area contributed by atoms with Gasteiger partial charge in [0.25, 0.3) is 0 Å². The number of benzene rings is 1. The van der Waals surface area contributed by atoms with Gasteiger partial charge in [0.1, 0.15) is 0 Å². The van der Waals surface area contributed by atoms with E-state index in [1.165, 1.54) is 18.4 Å². The Balaban J connectivity index is 2.08. The third-order valence-corrected chi connectivity index (χ3v) is 3.11. The molecule has 2 heteroatoms. The van der Waals surface area contributed by atoms with Crippen LogP contribution in [0.4, 0.5) is 0 Å². The molecule has 1 heterocycles. The summed E-state index contributed by atoms with van der Waals surface area (Å²) in [5.41, 5.74) is 7.40. The fraction of sp³-hybridized carbons (Fsp3) is 0.500. The van der Waals surface area contributed by atoms with E-state index in [-0.39, 0.29) is 5.54 Å². The van der Waals surface area contributed by atoms with Crippen molar-refractivity contribution in [3.8, 4) is 0 Å². The monoisotopic (exact) mass is 190 g/mol. The Morgan fingerprint density at radius 2 is 2.07 bits per heavy atom. The molecule has 0 radical (unpaired) electrons. The molecule has 1 aromatic rings. The lowest BCUT2D eigenvalue weighted by Crippen LogP contribution is -2.48. The molecule has 3 N–H and O–H groups in total. The van der Waals surface area contributed by atoms with Gasteiger partial charge in [0, 0.05) is 12.1 Å². The highest BCUT2D eigenvalue weighted by molar-refractivity contribution is 5.18. The van der Waals surface area contributed by atoms with Crippen LogP contribution >= 0.6 is 0 Å². The second-order valence-corrected chi connectivity index (χ2v) is 4.18. The van der Waals surface area contributed by atoms with Gasteiger partial charge in [0.15, 0.2) is 0 Å². The number of hydrogen-bond donors (Lipinski definition) is 2. The lowest BCUT2D eigenvalue weighted by Gasteiger charge is -2.27. The van der Waals surface area contributed by atoms with E-state index in [0.29, 0.717) is 0 Å². The van der Waals surface area contributed by atoms with Crippen LogP contribution in [0.5, 0.6) is 0 Å². The molecule has 1 aromatic carbocycles. The second-order valence-electron chi connectivity index (χ2n) is 4.18. The molecule has 1 fully saturated rings. The average Bonchev–Trinajstić information content (AvgIpc) is 2.69. The summed E-state index contributed by atoms with van der Waals surface area (Å²) in [4.78, 5) is 0. The maximum atomic E-state index is 5.85. The van der Waals surface area contributed by atoms with E-state index in [4.69, 9.17) is 5.73 Å². The van der Waals surface area contributed by atoms with E-state index in [0.717, 1.165) is 19.5 Å². The van der Waals surface area contributed by atoms with Gasteiger partial charge in [-0.15, -0.1) is 0 Å². The third kappa shape index (κ3) is 1.97. The van der Waals surface area contributed by atoms with Crippen molar-refractivity contribution in [1.29, 1.82) is 0 Å². The van der Waals surface area contributed by atoms with E-state index >= 15 is 0 Å². The van der Waals surface area contributed by atoms with Crippen LogP contribution in [0.2, 0.25) is 0 Å². The van der Waals surface area contributed by atoms with E-state index in [2.05, 4.69) is 35.6 Å². The van der Waals surface area contributed by atoms with Crippen molar-refractivity contribution in [3.05, 3.63) is 35.9 Å². The quantitative estimate of drug-likeness (QED) is 0.754. The van der Waals surface area contributed by atoms with Crippen molar-refractivity contribution in [2.75, 3.05) is 13.1 Å². The fourth-order valence-electron chi connectivity index (χ4n) is 2.25. The SMILES string of the molecule is NCC1(Cc2ccccc2)CCCN1. The van der Waals surface area contributed by atoms with Crippen molar-refractivity contribution in [2.24, 2.45) is 5.73 Å². The summed E-state index contributed by atoms with van der Waals surface area (Å²) < 4.78 is 0. The standard InChI is InChI=1S/C12H18N2/c13-10-12(7-4-8-14-12)9-11-5-2-1-3-6-11/h1-3,5-6,14H,4,7-10,13H2. The molecule has 2 rings (SSSR count). The van der Waals surface area contributed by atoms with E-state index in [1.807, 2.05) is 0 Å². The molecule has 1 aliphatic rings. The summed E-state index contributed by atoms with van der Waals surface area (Å²) in [7, 11) is 0. The van der Waals surface area contributed by atoms with Crippen LogP contribution in [-0.4, -0.2) is 18.6 Å². The molecule has 0 amide bonds. The molecule has 0 saturated carbocycles. The number of hydrogen-bond acceptors (Lipinski definition) is 2. The normalized spacial score (nSPS) is 26.6. The Labute approximate surface area is 85.5 Å². The van der Waals surface area contributed by atoms with Crippen LogP contribution in [0.3, 0.4) is 0 Å². The zero-order valence-corrected chi connectivity index (χ0v) is 8.50. The second kappa shape index (κ2) is 4.11. The number of rotatable bonds is 3. The zero-order valence-electron chi connectivity index (χ0n) is 8.50. The van der Waals surface area contributed by atoms with Gasteiger partial charge in [0.05, 0.1) is 0 Å². The van der Waals surface area contributed by atoms with Crippen molar-refractivity contribution in [2.45, 2.75) is 24.8 Å². The lowest BCUT2D eigenvalue weighted by molar-refractivity contribution is 0.383. The minimum absolute atomic E-state index is 0.168. The molecule has 0 bridgehead atoms. The fourth-order valence-corrected chi connectivity index (χ4v) is 2.25. The van der Waals surface area contributed by atoms with Gasteiger partial charge in [-0.2, -0.15) is 0 Å². The Morgan fingerprint density at radius 3 is 2.64 bits per heavy atom. The van der Waals surface area contributed by atoms with Crippen LogP contribution in [0, 0.1) is 0 Å². The summed E-state index contributed by atoms with van der Waals surface area (Å²) >= 11 is 0. The molecule has 1 atom stereocenters. The van der Waals surface area contributed by atoms with Crippen LogP contribution in [0.15, 0.2) is 30.3 Å². The Hall–Kier alpha value is -0.860. The van der Waals surface area contributed by atoms with E-state index in [9.17, 15) is 0 Å². The van der Waals surface area contributed by atoms with Gasteiger partial charge in [-0.3, -0.25) is 0 Å². The van der Waals surface area contributed by atoms with Crippen molar-refractivity contribution < 1.29 is 0 Å². The molecular weight excluding hydrogens is 172 g/mol. The minimum Gasteiger partial charge on any atom is -0.329 e. The predicted molar refractivity (Wildman–Crippen MR) is 59.2 cm³/mol. The molecule has 1 aliphatic heterocycles. The van der Waals surface area contributed by atoms with Crippen LogP contribution in [0.1, 0.15) is 18.4 Å². The van der Waals surface area contributed by atoms with E-state index < -0.39 is 0 Å². The molecule has 2 nitrogen and oxygen atoms in total. The van der Waals surface area contributed by atoms with Gasteiger partial charge in [-0.1, -0.05) is 30.3 Å². The predicted octanol–water partition coefficient (Wildman–Crippen LogP) is 1.31. The topological polar surface area (TPSA) is 38.0 Å². The summed E-state index contributed by atoms with van der Waals surface area (Å²) in [6.45, 7) is 1.85. The van der Waals surface area contributed by atoms with E-state index in [1.54, 1.807) is 0 Å². The molecule has 0 spiro atoms.